The van der Waals surface area contributed by atoms with E-state index in [-0.39, 0.29) is 15.3 Å². The quantitative estimate of drug-likeness (QED) is 0.637. The molecular formula is C14H25N3O2S2. The average Bonchev–Trinajstić information content (AvgIpc) is 2.49. The van der Waals surface area contributed by atoms with Crippen LogP contribution in [0.3, 0.4) is 0 Å². The van der Waals surface area contributed by atoms with E-state index in [1.54, 1.807) is 12.1 Å². The minimum absolute atomic E-state index is 0.109. The van der Waals surface area contributed by atoms with Crippen molar-refractivity contribution in [2.24, 2.45) is 0 Å². The molecule has 21 heavy (non-hydrogen) atoms. The molecule has 0 aromatic heterocycles. The first-order chi connectivity index (χ1) is 9.84. The van der Waals surface area contributed by atoms with E-state index in [0.29, 0.717) is 0 Å². The molecular weight excluding hydrogens is 306 g/mol. The maximum Gasteiger partial charge on any atom is 0.242 e. The smallest absolute Gasteiger partial charge is 0.242 e. The number of thioether (sulfide) groups is 1. The van der Waals surface area contributed by atoms with Gasteiger partial charge in [-0.05, 0) is 44.3 Å². The molecule has 0 bridgehead atoms. The topological polar surface area (TPSA) is 84.2 Å². The van der Waals surface area contributed by atoms with Crippen LogP contribution in [0.25, 0.3) is 0 Å². The molecule has 0 atom stereocenters. The molecule has 0 heterocycles. The first-order valence-corrected chi connectivity index (χ1v) is 9.67. The lowest BCUT2D eigenvalue weighted by atomic mass is 10.0. The van der Waals surface area contributed by atoms with Gasteiger partial charge in [0.2, 0.25) is 10.0 Å². The molecule has 0 radical (unpaired) electrons. The number of anilines is 2. The van der Waals surface area contributed by atoms with Crippen LogP contribution < -0.4 is 15.8 Å². The maximum absolute atomic E-state index is 11.8. The Kier molecular flexibility index (Phi) is 6.37. The Morgan fingerprint density at radius 1 is 1.29 bits per heavy atom. The van der Waals surface area contributed by atoms with E-state index >= 15 is 0 Å². The zero-order valence-electron chi connectivity index (χ0n) is 13.1. The Balaban J connectivity index is 2.91. The molecule has 0 fully saturated rings. The van der Waals surface area contributed by atoms with Crippen molar-refractivity contribution in [3.05, 3.63) is 18.2 Å². The Labute approximate surface area is 132 Å². The predicted octanol–water partition coefficient (Wildman–Crippen LogP) is 2.51. The number of hydrogen-bond donors (Lipinski definition) is 3. The minimum Gasteiger partial charge on any atom is -0.398 e. The summed E-state index contributed by atoms with van der Waals surface area (Å²) in [6, 6.07) is 4.94. The minimum atomic E-state index is -3.51. The van der Waals surface area contributed by atoms with Crippen molar-refractivity contribution in [1.29, 1.82) is 0 Å². The highest BCUT2D eigenvalue weighted by molar-refractivity contribution is 8.00. The van der Waals surface area contributed by atoms with Crippen molar-refractivity contribution in [2.75, 3.05) is 30.9 Å². The molecule has 0 unspecified atom stereocenters. The second-order valence-electron chi connectivity index (χ2n) is 4.91. The Hall–Kier alpha value is -0.920. The van der Waals surface area contributed by atoms with Crippen molar-refractivity contribution < 1.29 is 8.42 Å². The second-order valence-corrected chi connectivity index (χ2v) is 8.04. The fourth-order valence-electron chi connectivity index (χ4n) is 2.14. The molecule has 0 aliphatic carbocycles. The van der Waals surface area contributed by atoms with Crippen LogP contribution in [0.4, 0.5) is 11.4 Å². The van der Waals surface area contributed by atoms with Gasteiger partial charge in [-0.25, -0.2) is 13.1 Å². The number of nitrogen functional groups attached to an aromatic ring is 1. The molecule has 0 saturated heterocycles. The fourth-order valence-corrected chi connectivity index (χ4v) is 3.77. The van der Waals surface area contributed by atoms with E-state index in [1.165, 1.54) is 13.1 Å². The van der Waals surface area contributed by atoms with E-state index in [0.717, 1.165) is 25.1 Å². The third-order valence-corrected chi connectivity index (χ3v) is 6.98. The van der Waals surface area contributed by atoms with Gasteiger partial charge in [-0.3, -0.25) is 0 Å². The number of benzene rings is 1. The van der Waals surface area contributed by atoms with Gasteiger partial charge in [-0.15, -0.1) is 0 Å². The normalized spacial score (nSPS) is 12.4. The third-order valence-electron chi connectivity index (χ3n) is 3.90. The molecule has 120 valence electrons. The van der Waals surface area contributed by atoms with Crippen molar-refractivity contribution >= 4 is 33.2 Å². The first-order valence-electron chi connectivity index (χ1n) is 6.96. The molecule has 1 aromatic rings. The van der Waals surface area contributed by atoms with Crippen LogP contribution in [0.1, 0.15) is 26.7 Å². The first kappa shape index (κ1) is 18.1. The van der Waals surface area contributed by atoms with Crippen molar-refractivity contribution in [3.8, 4) is 0 Å². The summed E-state index contributed by atoms with van der Waals surface area (Å²) in [7, 11) is -2.14. The van der Waals surface area contributed by atoms with Gasteiger partial charge in [-0.2, -0.15) is 11.8 Å². The molecule has 0 saturated carbocycles. The predicted molar refractivity (Wildman–Crippen MR) is 92.4 cm³/mol. The number of nitrogens with two attached hydrogens (primary N) is 1. The second kappa shape index (κ2) is 7.38. The lowest BCUT2D eigenvalue weighted by Crippen LogP contribution is -2.32. The highest BCUT2D eigenvalue weighted by Crippen LogP contribution is 2.31. The number of sulfonamides is 1. The third kappa shape index (κ3) is 4.28. The van der Waals surface area contributed by atoms with E-state index < -0.39 is 10.0 Å². The SMILES string of the molecule is CCC(CC)(CNc1ccc(S(=O)(=O)NC)c(N)c1)SC. The summed E-state index contributed by atoms with van der Waals surface area (Å²) in [6.07, 6.45) is 4.25. The van der Waals surface area contributed by atoms with E-state index in [2.05, 4.69) is 30.1 Å². The monoisotopic (exact) mass is 331 g/mol. The molecule has 0 aliphatic rings. The van der Waals surface area contributed by atoms with Crippen LogP contribution in [0.5, 0.6) is 0 Å². The molecule has 1 aromatic carbocycles. The van der Waals surface area contributed by atoms with Crippen LogP contribution in [-0.4, -0.2) is 33.0 Å². The maximum atomic E-state index is 11.8. The molecule has 5 nitrogen and oxygen atoms in total. The van der Waals surface area contributed by atoms with Gasteiger partial charge >= 0.3 is 0 Å². The van der Waals surface area contributed by atoms with Crippen molar-refractivity contribution in [2.45, 2.75) is 36.3 Å². The fraction of sp³-hybridized carbons (Fsp3) is 0.571. The summed E-state index contributed by atoms with van der Waals surface area (Å²) >= 11 is 1.85. The van der Waals surface area contributed by atoms with Gasteiger partial charge in [-0.1, -0.05) is 13.8 Å². The Morgan fingerprint density at radius 2 is 1.90 bits per heavy atom. The van der Waals surface area contributed by atoms with Gasteiger partial charge in [0, 0.05) is 17.0 Å². The van der Waals surface area contributed by atoms with Gasteiger partial charge in [0.25, 0.3) is 0 Å². The van der Waals surface area contributed by atoms with Crippen molar-refractivity contribution in [3.63, 3.8) is 0 Å². The lowest BCUT2D eigenvalue weighted by Gasteiger charge is -2.30. The molecule has 0 aliphatic heterocycles. The highest BCUT2D eigenvalue weighted by Gasteiger charge is 2.24. The number of hydrogen-bond acceptors (Lipinski definition) is 5. The molecule has 0 spiro atoms. The zero-order chi connectivity index (χ0) is 16.1. The van der Waals surface area contributed by atoms with Crippen LogP contribution in [0, 0.1) is 0 Å². The zero-order valence-corrected chi connectivity index (χ0v) is 14.7. The molecule has 4 N–H and O–H groups in total. The standard InChI is InChI=1S/C14H25N3O2S2/c1-5-14(6-2,20-4)10-17-11-7-8-13(12(15)9-11)21(18,19)16-3/h7-9,16-17H,5-6,10,15H2,1-4H3. The largest absolute Gasteiger partial charge is 0.398 e. The van der Waals surface area contributed by atoms with Crippen LogP contribution >= 0.6 is 11.8 Å². The summed E-state index contributed by atoms with van der Waals surface area (Å²) in [5.41, 5.74) is 6.94. The lowest BCUT2D eigenvalue weighted by molar-refractivity contribution is 0.574. The molecule has 7 heteroatoms. The van der Waals surface area contributed by atoms with Crippen LogP contribution in [0.15, 0.2) is 23.1 Å². The summed E-state index contributed by atoms with van der Waals surface area (Å²) in [6.45, 7) is 5.18. The summed E-state index contributed by atoms with van der Waals surface area (Å²) in [5, 5.41) is 3.36. The molecule has 1 rings (SSSR count). The van der Waals surface area contributed by atoms with Crippen molar-refractivity contribution in [1.82, 2.24) is 4.72 Å². The van der Waals surface area contributed by atoms with Gasteiger partial charge in [0.15, 0.2) is 0 Å². The van der Waals surface area contributed by atoms with Gasteiger partial charge in [0.05, 0.1) is 5.69 Å². The van der Waals surface area contributed by atoms with E-state index in [4.69, 9.17) is 5.73 Å². The number of rotatable bonds is 8. The van der Waals surface area contributed by atoms with E-state index in [1.807, 2.05) is 11.8 Å². The van der Waals surface area contributed by atoms with Crippen LogP contribution in [0.2, 0.25) is 0 Å². The highest BCUT2D eigenvalue weighted by atomic mass is 32.2. The van der Waals surface area contributed by atoms with Gasteiger partial charge < -0.3 is 11.1 Å². The summed E-state index contributed by atoms with van der Waals surface area (Å²) < 4.78 is 26.0. The number of nitrogens with one attached hydrogen (secondary N) is 2. The summed E-state index contributed by atoms with van der Waals surface area (Å²) in [4.78, 5) is 0.109. The van der Waals surface area contributed by atoms with E-state index in [9.17, 15) is 8.42 Å². The molecule has 0 amide bonds. The summed E-state index contributed by atoms with van der Waals surface area (Å²) in [5.74, 6) is 0. The van der Waals surface area contributed by atoms with Crippen LogP contribution in [-0.2, 0) is 10.0 Å². The van der Waals surface area contributed by atoms with Gasteiger partial charge in [0.1, 0.15) is 4.90 Å². The average molecular weight is 332 g/mol. The Morgan fingerprint density at radius 3 is 2.33 bits per heavy atom. The Bertz CT molecular complexity index is 561.